The number of halogens is 2. The number of amides is 3. The minimum Gasteiger partial charge on any atom is -0.492 e. The molecule has 9 rings (SSSR count). The van der Waals surface area contributed by atoms with Gasteiger partial charge in [-0.2, -0.15) is 5.26 Å². The van der Waals surface area contributed by atoms with Crippen molar-refractivity contribution >= 4 is 35.1 Å². The van der Waals surface area contributed by atoms with E-state index in [-0.39, 0.29) is 24.7 Å². The number of nitrogens with one attached hydrogen (secondary N) is 2. The predicted molar refractivity (Wildman–Crippen MR) is 217 cm³/mol. The number of aliphatic hydroxyl groups excluding tert-OH is 1. The second kappa shape index (κ2) is 15.7. The molecule has 3 saturated heterocycles. The van der Waals surface area contributed by atoms with Gasteiger partial charge in [0.1, 0.15) is 41.6 Å². The maximum Gasteiger partial charge on any atom is 0.322 e. The summed E-state index contributed by atoms with van der Waals surface area (Å²) in [6.45, 7) is 5.18. The number of nitriles is 1. The van der Waals surface area contributed by atoms with E-state index in [2.05, 4.69) is 43.6 Å². The van der Waals surface area contributed by atoms with Crippen LogP contribution in [0.4, 0.5) is 4.79 Å². The first-order valence-corrected chi connectivity index (χ1v) is 20.6. The standard InChI is InChI=1S/C44H44Cl2N6O6/c45-35-15-29(22-51-12-10-44(26-51)41(54)49-42(55)50-44)38(57-23-28-14-27(19-47)20-48-21-28)16-39(35)58-36-9-8-32-31(4-1-5-33(32)36)34-6-2-7-37(40(34)46)56-13-3-11-52-24-43(25-52)17-30(53)18-43/h1-2,4-7,14-16,20-21,30,36,53H,3,8-13,17-18,22-26H2,(H2,49,50,54,55)/t36-,44?/m0/s1. The van der Waals surface area contributed by atoms with E-state index in [1.54, 1.807) is 12.3 Å². The van der Waals surface area contributed by atoms with Crippen LogP contribution in [-0.2, 0) is 24.4 Å². The Morgan fingerprint density at radius 2 is 1.79 bits per heavy atom. The van der Waals surface area contributed by atoms with Gasteiger partial charge in [-0.3, -0.25) is 20.0 Å². The number of aromatic nitrogens is 1. The summed E-state index contributed by atoms with van der Waals surface area (Å²) in [4.78, 5) is 33.3. The molecule has 3 aromatic carbocycles. The molecular formula is C44H44Cl2N6O6. The number of benzene rings is 3. The van der Waals surface area contributed by atoms with Crippen molar-refractivity contribution in [2.24, 2.45) is 5.41 Å². The van der Waals surface area contributed by atoms with E-state index in [9.17, 15) is 20.0 Å². The number of imide groups is 1. The topological polar surface area (TPSA) is 149 Å². The third-order valence-electron chi connectivity index (χ3n) is 12.3. The van der Waals surface area contributed by atoms with Crippen molar-refractivity contribution in [3.8, 4) is 34.4 Å². The normalized spacial score (nSPS) is 22.3. The maximum atomic E-state index is 12.6. The molecular weight excluding hydrogens is 779 g/mol. The number of aliphatic hydroxyl groups is 1. The molecule has 3 amide bonds. The Kier molecular flexibility index (Phi) is 10.4. The number of pyridine rings is 1. The highest BCUT2D eigenvalue weighted by atomic mass is 35.5. The van der Waals surface area contributed by atoms with Crippen LogP contribution in [0.3, 0.4) is 0 Å². The molecule has 0 bridgehead atoms. The summed E-state index contributed by atoms with van der Waals surface area (Å²) in [6, 6.07) is 19.2. The number of rotatable bonds is 13. The number of fused-ring (bicyclic) bond motifs is 1. The van der Waals surface area contributed by atoms with Crippen LogP contribution >= 0.6 is 23.2 Å². The molecule has 4 fully saturated rings. The van der Waals surface area contributed by atoms with Gasteiger partial charge in [0, 0.05) is 79.8 Å². The molecule has 2 aliphatic carbocycles. The van der Waals surface area contributed by atoms with E-state index in [4.69, 9.17) is 37.4 Å². The quantitative estimate of drug-likeness (QED) is 0.0998. The second-order valence-electron chi connectivity index (χ2n) is 16.4. The van der Waals surface area contributed by atoms with Crippen LogP contribution in [0, 0.1) is 16.7 Å². The van der Waals surface area contributed by atoms with Gasteiger partial charge in [0.05, 0.1) is 28.3 Å². The average Bonchev–Trinajstić information content (AvgIpc) is 3.88. The van der Waals surface area contributed by atoms with E-state index < -0.39 is 11.6 Å². The molecule has 5 aliphatic rings. The number of ether oxygens (including phenoxy) is 3. The van der Waals surface area contributed by atoms with Crippen molar-refractivity contribution < 1.29 is 28.9 Å². The molecule has 12 nitrogen and oxygen atoms in total. The molecule has 1 unspecified atom stereocenters. The van der Waals surface area contributed by atoms with E-state index >= 15 is 0 Å². The zero-order valence-electron chi connectivity index (χ0n) is 31.9. The zero-order valence-corrected chi connectivity index (χ0v) is 33.5. The van der Waals surface area contributed by atoms with Crippen LogP contribution in [-0.4, -0.2) is 82.8 Å². The Labute approximate surface area is 347 Å². The maximum absolute atomic E-state index is 12.6. The van der Waals surface area contributed by atoms with Gasteiger partial charge < -0.3 is 29.5 Å². The summed E-state index contributed by atoms with van der Waals surface area (Å²) in [5.41, 5.74) is 5.54. The minimum absolute atomic E-state index is 0.113. The molecule has 1 aromatic heterocycles. The molecule has 58 heavy (non-hydrogen) atoms. The summed E-state index contributed by atoms with van der Waals surface area (Å²) in [5.74, 6) is 1.37. The van der Waals surface area contributed by atoms with Crippen LogP contribution < -0.4 is 24.8 Å². The Morgan fingerprint density at radius 3 is 2.59 bits per heavy atom. The third kappa shape index (κ3) is 7.58. The van der Waals surface area contributed by atoms with Crippen LogP contribution in [0.2, 0.25) is 10.0 Å². The first-order chi connectivity index (χ1) is 28.1. The number of urea groups is 1. The molecule has 1 saturated carbocycles. The smallest absolute Gasteiger partial charge is 0.322 e. The molecule has 3 N–H and O–H groups in total. The van der Waals surface area contributed by atoms with E-state index in [0.29, 0.717) is 70.9 Å². The first kappa shape index (κ1) is 38.6. The van der Waals surface area contributed by atoms with E-state index in [1.165, 1.54) is 11.8 Å². The zero-order chi connectivity index (χ0) is 40.0. The minimum atomic E-state index is -0.957. The number of hydrogen-bond donors (Lipinski definition) is 3. The molecule has 2 atom stereocenters. The molecule has 4 heterocycles. The lowest BCUT2D eigenvalue weighted by molar-refractivity contribution is -0.128. The SMILES string of the molecule is N#Cc1cncc(COc2cc(O[C@H]3CCc4c(-c5cccc(OCCCN6CC7(CC(O)C7)C6)c5Cl)cccc43)c(Cl)cc2CN2CCC3(C2)NC(=O)NC3=O)c1. The van der Waals surface area contributed by atoms with Crippen LogP contribution in [0.5, 0.6) is 17.2 Å². The highest BCUT2D eigenvalue weighted by Crippen LogP contribution is 2.48. The number of likely N-dealkylation sites (tertiary alicyclic amines) is 2. The number of hydrogen-bond acceptors (Lipinski definition) is 10. The lowest BCUT2D eigenvalue weighted by Crippen LogP contribution is -2.63. The molecule has 0 radical (unpaired) electrons. The Hall–Kier alpha value is -4.90. The lowest BCUT2D eigenvalue weighted by Gasteiger charge is -2.58. The van der Waals surface area contributed by atoms with Gasteiger partial charge in [0.15, 0.2) is 0 Å². The lowest BCUT2D eigenvalue weighted by atomic mass is 9.62. The first-order valence-electron chi connectivity index (χ1n) is 19.9. The van der Waals surface area contributed by atoms with Gasteiger partial charge in [-0.1, -0.05) is 53.5 Å². The molecule has 4 aromatic rings. The Bertz CT molecular complexity index is 2300. The molecule has 2 spiro atoms. The molecule has 300 valence electrons. The second-order valence-corrected chi connectivity index (χ2v) is 17.2. The van der Waals surface area contributed by atoms with E-state index in [0.717, 1.165) is 79.6 Å². The fourth-order valence-corrected chi connectivity index (χ4v) is 10.0. The van der Waals surface area contributed by atoms with E-state index in [1.807, 2.05) is 36.4 Å². The number of carbonyl (C=O) groups is 2. The van der Waals surface area contributed by atoms with Crippen molar-refractivity contribution in [2.75, 3.05) is 39.3 Å². The van der Waals surface area contributed by atoms with Crippen molar-refractivity contribution in [3.63, 3.8) is 0 Å². The molecule has 14 heteroatoms. The summed E-state index contributed by atoms with van der Waals surface area (Å²) in [5, 5.41) is 25.3. The highest BCUT2D eigenvalue weighted by molar-refractivity contribution is 6.35. The van der Waals surface area contributed by atoms with Crippen molar-refractivity contribution in [1.82, 2.24) is 25.4 Å². The largest absolute Gasteiger partial charge is 0.492 e. The van der Waals surface area contributed by atoms with Gasteiger partial charge in [-0.15, -0.1) is 0 Å². The monoisotopic (exact) mass is 822 g/mol. The highest BCUT2D eigenvalue weighted by Gasteiger charge is 2.52. The predicted octanol–water partition coefficient (Wildman–Crippen LogP) is 6.58. The third-order valence-corrected chi connectivity index (χ3v) is 12.9. The summed E-state index contributed by atoms with van der Waals surface area (Å²) < 4.78 is 19.3. The average molecular weight is 824 g/mol. The number of carbonyl (C=O) groups excluding carboxylic acids is 2. The van der Waals surface area contributed by atoms with Gasteiger partial charge in [0.2, 0.25) is 0 Å². The fourth-order valence-electron chi connectivity index (χ4n) is 9.50. The van der Waals surface area contributed by atoms with Crippen molar-refractivity contribution in [2.45, 2.75) is 69.4 Å². The Balaban J connectivity index is 0.903. The summed E-state index contributed by atoms with van der Waals surface area (Å²) in [6.07, 6.45) is 7.55. The molecule has 3 aliphatic heterocycles. The van der Waals surface area contributed by atoms with Crippen molar-refractivity contribution in [3.05, 3.63) is 105 Å². The van der Waals surface area contributed by atoms with Crippen LogP contribution in [0.15, 0.2) is 67.0 Å². The summed E-state index contributed by atoms with van der Waals surface area (Å²) >= 11 is 14.0. The van der Waals surface area contributed by atoms with Crippen LogP contribution in [0.25, 0.3) is 11.1 Å². The van der Waals surface area contributed by atoms with Crippen LogP contribution in [0.1, 0.15) is 66.0 Å². The van der Waals surface area contributed by atoms with Gasteiger partial charge >= 0.3 is 6.03 Å². The number of nitrogens with zero attached hydrogens (tertiary/aromatic N) is 4. The van der Waals surface area contributed by atoms with Gasteiger partial charge in [0.25, 0.3) is 5.91 Å². The fraction of sp³-hybridized carbons (Fsp3) is 0.409. The summed E-state index contributed by atoms with van der Waals surface area (Å²) in [7, 11) is 0. The van der Waals surface area contributed by atoms with Crippen molar-refractivity contribution in [1.29, 1.82) is 5.26 Å². The Morgan fingerprint density at radius 1 is 0.966 bits per heavy atom. The van der Waals surface area contributed by atoms with Gasteiger partial charge in [-0.05, 0) is 73.4 Å². The van der Waals surface area contributed by atoms with Gasteiger partial charge in [-0.25, -0.2) is 4.79 Å².